The van der Waals surface area contributed by atoms with Crippen LogP contribution in [0.15, 0.2) is 18.2 Å². The van der Waals surface area contributed by atoms with Crippen molar-refractivity contribution in [3.63, 3.8) is 0 Å². The van der Waals surface area contributed by atoms with E-state index in [-0.39, 0.29) is 30.9 Å². The molecule has 0 saturated carbocycles. The molecule has 0 radical (unpaired) electrons. The Balaban J connectivity index is 2.83. The molecule has 106 valence electrons. The summed E-state index contributed by atoms with van der Waals surface area (Å²) in [7, 11) is 0. The van der Waals surface area contributed by atoms with Crippen molar-refractivity contribution in [1.82, 2.24) is 0 Å². The van der Waals surface area contributed by atoms with Crippen molar-refractivity contribution in [2.45, 2.75) is 5.33 Å². The molecule has 0 bridgehead atoms. The third-order valence-corrected chi connectivity index (χ3v) is 5.57. The van der Waals surface area contributed by atoms with Crippen LogP contribution >= 0.6 is 73.9 Å². The Morgan fingerprint density at radius 2 is 1.35 bits per heavy atom. The minimum atomic E-state index is -0.360. The third kappa shape index (κ3) is 2.92. The molecule has 0 aliphatic carbocycles. The molecule has 0 amide bonds. The topological polar surface area (TPSA) is 0 Å². The van der Waals surface area contributed by atoms with Gasteiger partial charge in [-0.1, -0.05) is 80.0 Å². The van der Waals surface area contributed by atoms with E-state index in [2.05, 4.69) is 15.9 Å². The Hall–Kier alpha value is 0.300. The van der Waals surface area contributed by atoms with Crippen LogP contribution in [-0.2, 0) is 5.33 Å². The summed E-state index contributed by atoms with van der Waals surface area (Å²) < 4.78 is 13.3. The van der Waals surface area contributed by atoms with E-state index in [0.29, 0.717) is 22.0 Å². The van der Waals surface area contributed by atoms with Crippen molar-refractivity contribution in [2.24, 2.45) is 0 Å². The Labute approximate surface area is 148 Å². The second-order valence-electron chi connectivity index (χ2n) is 3.88. The predicted octanol–water partition coefficient (Wildman–Crippen LogP) is 7.65. The second kappa shape index (κ2) is 6.60. The Morgan fingerprint density at radius 3 is 1.85 bits per heavy atom. The molecule has 0 aliphatic rings. The monoisotopic (exact) mass is 434 g/mol. The molecule has 0 saturated heterocycles. The molecular weight excluding hydrogens is 432 g/mol. The van der Waals surface area contributed by atoms with Crippen LogP contribution in [0.4, 0.5) is 4.39 Å². The molecule has 0 nitrogen and oxygen atoms in total. The molecule has 0 heterocycles. The standard InChI is InChI=1S/C13H5BrCl5F/c14-4-5-3-6(20)1-2-7(5)8-9(15)11(17)13(19)12(18)10(8)16/h1-3H,4H2. The lowest BCUT2D eigenvalue weighted by Crippen LogP contribution is -1.92. The van der Waals surface area contributed by atoms with Crippen molar-refractivity contribution < 1.29 is 4.39 Å². The normalized spacial score (nSPS) is 10.9. The maximum absolute atomic E-state index is 13.3. The molecule has 0 aliphatic heterocycles. The maximum Gasteiger partial charge on any atom is 0.123 e. The van der Waals surface area contributed by atoms with Gasteiger partial charge < -0.3 is 0 Å². The molecule has 0 spiro atoms. The predicted molar refractivity (Wildman–Crippen MR) is 89.5 cm³/mol. The minimum Gasteiger partial charge on any atom is -0.207 e. The fourth-order valence-electron chi connectivity index (χ4n) is 1.76. The first kappa shape index (κ1) is 16.7. The van der Waals surface area contributed by atoms with Crippen LogP contribution in [0.1, 0.15) is 5.56 Å². The quantitative estimate of drug-likeness (QED) is 0.257. The van der Waals surface area contributed by atoms with Crippen molar-refractivity contribution in [1.29, 1.82) is 0 Å². The van der Waals surface area contributed by atoms with E-state index in [1.54, 1.807) is 6.07 Å². The summed E-state index contributed by atoms with van der Waals surface area (Å²) in [4.78, 5) is 0. The van der Waals surface area contributed by atoms with Crippen LogP contribution in [0, 0.1) is 5.82 Å². The molecule has 2 aromatic rings. The lowest BCUT2D eigenvalue weighted by molar-refractivity contribution is 0.627. The molecule has 20 heavy (non-hydrogen) atoms. The van der Waals surface area contributed by atoms with Crippen LogP contribution in [-0.4, -0.2) is 0 Å². The number of hydrogen-bond acceptors (Lipinski definition) is 0. The van der Waals surface area contributed by atoms with Crippen molar-refractivity contribution in [2.75, 3.05) is 0 Å². The first-order valence-corrected chi connectivity index (χ1v) is 8.25. The summed E-state index contributed by atoms with van der Waals surface area (Å²) in [6.45, 7) is 0. The third-order valence-electron chi connectivity index (χ3n) is 2.69. The molecule has 0 N–H and O–H groups in total. The number of benzene rings is 2. The summed E-state index contributed by atoms with van der Waals surface area (Å²) in [5.74, 6) is -0.360. The highest BCUT2D eigenvalue weighted by molar-refractivity contribution is 9.08. The summed E-state index contributed by atoms with van der Waals surface area (Å²) in [5.41, 5.74) is 1.74. The van der Waals surface area contributed by atoms with Crippen LogP contribution in [0.25, 0.3) is 11.1 Å². The number of halogens is 7. The lowest BCUT2D eigenvalue weighted by atomic mass is 10.0. The van der Waals surface area contributed by atoms with Gasteiger partial charge in [0.15, 0.2) is 0 Å². The highest BCUT2D eigenvalue weighted by Gasteiger charge is 2.22. The molecular formula is C13H5BrCl5F. The SMILES string of the molecule is Fc1ccc(-c2c(Cl)c(Cl)c(Cl)c(Cl)c2Cl)c(CBr)c1. The van der Waals surface area contributed by atoms with Crippen molar-refractivity contribution in [3.05, 3.63) is 54.7 Å². The maximum atomic E-state index is 13.3. The lowest BCUT2D eigenvalue weighted by Gasteiger charge is -2.15. The van der Waals surface area contributed by atoms with E-state index in [9.17, 15) is 4.39 Å². The van der Waals surface area contributed by atoms with Gasteiger partial charge in [0.1, 0.15) is 5.82 Å². The van der Waals surface area contributed by atoms with Gasteiger partial charge in [0, 0.05) is 10.9 Å². The van der Waals surface area contributed by atoms with Crippen LogP contribution < -0.4 is 0 Å². The average molecular weight is 437 g/mol. The van der Waals surface area contributed by atoms with E-state index in [4.69, 9.17) is 58.0 Å². The van der Waals surface area contributed by atoms with E-state index in [1.165, 1.54) is 12.1 Å². The van der Waals surface area contributed by atoms with Gasteiger partial charge in [-0.05, 0) is 23.3 Å². The van der Waals surface area contributed by atoms with E-state index in [1.807, 2.05) is 0 Å². The summed E-state index contributed by atoms with van der Waals surface area (Å²) in [6.07, 6.45) is 0. The smallest absolute Gasteiger partial charge is 0.123 e. The van der Waals surface area contributed by atoms with Gasteiger partial charge in [-0.2, -0.15) is 0 Å². The van der Waals surface area contributed by atoms with Gasteiger partial charge in [0.25, 0.3) is 0 Å². The molecule has 0 fully saturated rings. The van der Waals surface area contributed by atoms with Gasteiger partial charge in [0.2, 0.25) is 0 Å². The Bertz CT molecular complexity index is 658. The Morgan fingerprint density at radius 1 is 0.850 bits per heavy atom. The summed E-state index contributed by atoms with van der Waals surface area (Å²) >= 11 is 33.7. The van der Waals surface area contributed by atoms with Crippen LogP contribution in [0.2, 0.25) is 25.1 Å². The number of rotatable bonds is 2. The Kier molecular flexibility index (Phi) is 5.50. The molecule has 2 aromatic carbocycles. The zero-order valence-corrected chi connectivity index (χ0v) is 15.0. The first-order chi connectivity index (χ1) is 9.38. The van der Waals surface area contributed by atoms with Crippen molar-refractivity contribution >= 4 is 73.9 Å². The largest absolute Gasteiger partial charge is 0.207 e. The summed E-state index contributed by atoms with van der Waals surface area (Å²) in [5, 5.41) is 1.10. The highest BCUT2D eigenvalue weighted by Crippen LogP contribution is 2.49. The second-order valence-corrected chi connectivity index (χ2v) is 6.33. The molecule has 0 atom stereocenters. The van der Waals surface area contributed by atoms with Crippen molar-refractivity contribution in [3.8, 4) is 11.1 Å². The summed E-state index contributed by atoms with van der Waals surface area (Å²) in [6, 6.07) is 4.26. The first-order valence-electron chi connectivity index (χ1n) is 5.24. The molecule has 2 rings (SSSR count). The molecule has 0 unspecified atom stereocenters. The fraction of sp³-hybridized carbons (Fsp3) is 0.0769. The van der Waals surface area contributed by atoms with Gasteiger partial charge in [-0.25, -0.2) is 4.39 Å². The van der Waals surface area contributed by atoms with Gasteiger partial charge >= 0.3 is 0 Å². The van der Waals surface area contributed by atoms with E-state index < -0.39 is 0 Å². The van der Waals surface area contributed by atoms with Crippen LogP contribution in [0.5, 0.6) is 0 Å². The van der Waals surface area contributed by atoms with E-state index >= 15 is 0 Å². The number of hydrogen-bond donors (Lipinski definition) is 0. The van der Waals surface area contributed by atoms with E-state index in [0.717, 1.165) is 0 Å². The van der Waals surface area contributed by atoms with Gasteiger partial charge in [0.05, 0.1) is 25.1 Å². The average Bonchev–Trinajstić information content (AvgIpc) is 2.44. The zero-order valence-electron chi connectivity index (χ0n) is 9.58. The zero-order chi connectivity index (χ0) is 15.0. The van der Waals surface area contributed by atoms with Gasteiger partial charge in [-0.3, -0.25) is 0 Å². The fourth-order valence-corrected chi connectivity index (χ4v) is 3.56. The van der Waals surface area contributed by atoms with Crippen LogP contribution in [0.3, 0.4) is 0 Å². The minimum absolute atomic E-state index is 0.0922. The number of alkyl halides is 1. The highest BCUT2D eigenvalue weighted by atomic mass is 79.9. The molecule has 0 aromatic heterocycles. The molecule has 7 heteroatoms. The van der Waals surface area contributed by atoms with Gasteiger partial charge in [-0.15, -0.1) is 0 Å².